The molecule has 0 radical (unpaired) electrons. The first kappa shape index (κ1) is 14.4. The predicted octanol–water partition coefficient (Wildman–Crippen LogP) is 3.36. The Kier molecular flexibility index (Phi) is 4.63. The van der Waals surface area contributed by atoms with E-state index < -0.39 is 5.82 Å². The Morgan fingerprint density at radius 3 is 2.90 bits per heavy atom. The van der Waals surface area contributed by atoms with Gasteiger partial charge in [-0.2, -0.15) is 0 Å². The second-order valence-corrected chi connectivity index (χ2v) is 4.69. The second-order valence-electron chi connectivity index (χ2n) is 4.28. The number of anilines is 1. The fourth-order valence-electron chi connectivity index (χ4n) is 1.71. The number of halogens is 2. The summed E-state index contributed by atoms with van der Waals surface area (Å²) in [6, 6.07) is 7.28. The van der Waals surface area contributed by atoms with Crippen molar-refractivity contribution in [2.75, 3.05) is 11.9 Å². The number of benzene rings is 1. The quantitative estimate of drug-likeness (QED) is 0.889. The standard InChI is InChI=1S/C14H14ClFN2O2/c1-9(13-3-2-6-20-13)18-14(19)8-17-12-5-4-10(16)7-11(12)15/h2-7,9,17H,8H2,1H3,(H,18,19). The van der Waals surface area contributed by atoms with E-state index in [1.165, 1.54) is 18.2 Å². The van der Waals surface area contributed by atoms with Crippen molar-refractivity contribution in [3.8, 4) is 0 Å². The Balaban J connectivity index is 1.86. The van der Waals surface area contributed by atoms with Crippen LogP contribution < -0.4 is 10.6 Å². The van der Waals surface area contributed by atoms with Crippen molar-refractivity contribution >= 4 is 23.2 Å². The first-order valence-corrected chi connectivity index (χ1v) is 6.46. The summed E-state index contributed by atoms with van der Waals surface area (Å²) in [6.45, 7) is 1.86. The van der Waals surface area contributed by atoms with Crippen molar-refractivity contribution in [2.45, 2.75) is 13.0 Å². The van der Waals surface area contributed by atoms with Crippen LogP contribution in [0.2, 0.25) is 5.02 Å². The summed E-state index contributed by atoms with van der Waals surface area (Å²) in [5, 5.41) is 5.85. The highest BCUT2D eigenvalue weighted by Crippen LogP contribution is 2.22. The molecule has 0 aliphatic carbocycles. The third-order valence-corrected chi connectivity index (χ3v) is 3.03. The average Bonchev–Trinajstić information content (AvgIpc) is 2.91. The molecule has 1 unspecified atom stereocenters. The lowest BCUT2D eigenvalue weighted by Gasteiger charge is -2.13. The molecule has 1 atom stereocenters. The number of amides is 1. The molecule has 0 spiro atoms. The Bertz CT molecular complexity index is 587. The first-order valence-electron chi connectivity index (χ1n) is 6.08. The maximum absolute atomic E-state index is 12.9. The van der Waals surface area contributed by atoms with Gasteiger partial charge in [0.2, 0.25) is 5.91 Å². The zero-order valence-corrected chi connectivity index (χ0v) is 11.6. The fraction of sp³-hybridized carbons (Fsp3) is 0.214. The molecule has 4 nitrogen and oxygen atoms in total. The van der Waals surface area contributed by atoms with Crippen LogP contribution in [-0.4, -0.2) is 12.5 Å². The predicted molar refractivity (Wildman–Crippen MR) is 75.2 cm³/mol. The van der Waals surface area contributed by atoms with Crippen LogP contribution >= 0.6 is 11.6 Å². The van der Waals surface area contributed by atoms with Crippen LogP contribution in [0.5, 0.6) is 0 Å². The van der Waals surface area contributed by atoms with Gasteiger partial charge in [0.05, 0.1) is 29.6 Å². The van der Waals surface area contributed by atoms with Gasteiger partial charge in [0.15, 0.2) is 0 Å². The zero-order valence-electron chi connectivity index (χ0n) is 10.8. The molecular weight excluding hydrogens is 283 g/mol. The van der Waals surface area contributed by atoms with Crippen LogP contribution in [0.15, 0.2) is 41.0 Å². The van der Waals surface area contributed by atoms with Gasteiger partial charge in [0.1, 0.15) is 11.6 Å². The number of nitrogens with one attached hydrogen (secondary N) is 2. The molecule has 2 N–H and O–H groups in total. The van der Waals surface area contributed by atoms with E-state index in [2.05, 4.69) is 10.6 Å². The van der Waals surface area contributed by atoms with Crippen molar-refractivity contribution in [2.24, 2.45) is 0 Å². The molecule has 106 valence electrons. The number of furan rings is 1. The van der Waals surface area contributed by atoms with E-state index in [9.17, 15) is 9.18 Å². The molecule has 0 aliphatic rings. The van der Waals surface area contributed by atoms with E-state index in [0.29, 0.717) is 11.4 Å². The van der Waals surface area contributed by atoms with E-state index >= 15 is 0 Å². The van der Waals surface area contributed by atoms with E-state index in [0.717, 1.165) is 0 Å². The van der Waals surface area contributed by atoms with Crippen molar-refractivity contribution in [3.05, 3.63) is 53.2 Å². The molecule has 1 heterocycles. The Morgan fingerprint density at radius 1 is 1.45 bits per heavy atom. The van der Waals surface area contributed by atoms with Crippen LogP contribution in [0.4, 0.5) is 10.1 Å². The highest BCUT2D eigenvalue weighted by Gasteiger charge is 2.12. The molecule has 0 fully saturated rings. The lowest BCUT2D eigenvalue weighted by atomic mass is 10.2. The number of hydrogen-bond donors (Lipinski definition) is 2. The van der Waals surface area contributed by atoms with Gasteiger partial charge in [0, 0.05) is 0 Å². The van der Waals surface area contributed by atoms with E-state index in [4.69, 9.17) is 16.0 Å². The lowest BCUT2D eigenvalue weighted by molar-refractivity contribution is -0.120. The lowest BCUT2D eigenvalue weighted by Crippen LogP contribution is -2.31. The van der Waals surface area contributed by atoms with E-state index in [1.807, 2.05) is 6.92 Å². The largest absolute Gasteiger partial charge is 0.467 e. The molecule has 0 saturated heterocycles. The molecular formula is C14H14ClFN2O2. The van der Waals surface area contributed by atoms with E-state index in [1.54, 1.807) is 18.4 Å². The zero-order chi connectivity index (χ0) is 14.5. The molecule has 2 aromatic rings. The van der Waals surface area contributed by atoms with Gasteiger partial charge < -0.3 is 15.1 Å². The van der Waals surface area contributed by atoms with Crippen LogP contribution in [0.25, 0.3) is 0 Å². The van der Waals surface area contributed by atoms with Crippen molar-refractivity contribution in [3.63, 3.8) is 0 Å². The van der Waals surface area contributed by atoms with Gasteiger partial charge in [-0.25, -0.2) is 4.39 Å². The third-order valence-electron chi connectivity index (χ3n) is 2.72. The van der Waals surface area contributed by atoms with Gasteiger partial charge in [-0.3, -0.25) is 4.79 Å². The van der Waals surface area contributed by atoms with Crippen LogP contribution in [-0.2, 0) is 4.79 Å². The third kappa shape index (κ3) is 3.74. The van der Waals surface area contributed by atoms with Gasteiger partial charge in [0.25, 0.3) is 0 Å². The molecule has 1 aromatic heterocycles. The molecule has 0 bridgehead atoms. The summed E-state index contributed by atoms with van der Waals surface area (Å²) in [5.41, 5.74) is 0.508. The Hall–Kier alpha value is -2.01. The second kappa shape index (κ2) is 6.43. The molecule has 20 heavy (non-hydrogen) atoms. The minimum atomic E-state index is -0.420. The maximum Gasteiger partial charge on any atom is 0.239 e. The molecule has 1 amide bonds. The fourth-order valence-corrected chi connectivity index (χ4v) is 1.94. The Labute approximate surface area is 120 Å². The first-order chi connectivity index (χ1) is 9.56. The monoisotopic (exact) mass is 296 g/mol. The number of rotatable bonds is 5. The normalized spacial score (nSPS) is 11.9. The van der Waals surface area contributed by atoms with Crippen molar-refractivity contribution in [1.29, 1.82) is 0 Å². The molecule has 1 aromatic carbocycles. The summed E-state index contributed by atoms with van der Waals surface area (Å²) in [4.78, 5) is 11.8. The minimum absolute atomic E-state index is 0.0381. The number of carbonyl (C=O) groups is 1. The Morgan fingerprint density at radius 2 is 2.25 bits per heavy atom. The van der Waals surface area contributed by atoms with Crippen LogP contribution in [0.3, 0.4) is 0 Å². The summed E-state index contributed by atoms with van der Waals surface area (Å²) < 4.78 is 18.1. The SMILES string of the molecule is CC(NC(=O)CNc1ccc(F)cc1Cl)c1ccco1. The molecule has 0 aliphatic heterocycles. The van der Waals surface area contributed by atoms with Gasteiger partial charge in [-0.15, -0.1) is 0 Å². The number of hydrogen-bond acceptors (Lipinski definition) is 3. The van der Waals surface area contributed by atoms with Crippen molar-refractivity contribution in [1.82, 2.24) is 5.32 Å². The van der Waals surface area contributed by atoms with Gasteiger partial charge in [-0.1, -0.05) is 11.6 Å². The average molecular weight is 297 g/mol. The number of carbonyl (C=O) groups excluding carboxylic acids is 1. The molecule has 6 heteroatoms. The smallest absolute Gasteiger partial charge is 0.239 e. The van der Waals surface area contributed by atoms with E-state index in [-0.39, 0.29) is 23.5 Å². The van der Waals surface area contributed by atoms with Crippen molar-refractivity contribution < 1.29 is 13.6 Å². The summed E-state index contributed by atoms with van der Waals surface area (Å²) >= 11 is 5.85. The van der Waals surface area contributed by atoms with Gasteiger partial charge >= 0.3 is 0 Å². The highest BCUT2D eigenvalue weighted by molar-refractivity contribution is 6.33. The van der Waals surface area contributed by atoms with Crippen LogP contribution in [0, 0.1) is 5.82 Å². The summed E-state index contributed by atoms with van der Waals surface area (Å²) in [6.07, 6.45) is 1.55. The van der Waals surface area contributed by atoms with Crippen LogP contribution in [0.1, 0.15) is 18.7 Å². The van der Waals surface area contributed by atoms with Gasteiger partial charge in [-0.05, 0) is 37.3 Å². The summed E-state index contributed by atoms with van der Waals surface area (Å²) in [5.74, 6) is 0.0453. The summed E-state index contributed by atoms with van der Waals surface area (Å²) in [7, 11) is 0. The molecule has 0 saturated carbocycles. The minimum Gasteiger partial charge on any atom is -0.467 e. The highest BCUT2D eigenvalue weighted by atomic mass is 35.5. The topological polar surface area (TPSA) is 54.3 Å². The maximum atomic E-state index is 12.9. The molecule has 2 rings (SSSR count).